The van der Waals surface area contributed by atoms with Crippen LogP contribution in [0.4, 0.5) is 26.3 Å². The Kier molecular flexibility index (Phi) is 13.6. The first-order chi connectivity index (χ1) is 29.0. The number of amides is 4. The quantitative estimate of drug-likeness (QED) is 0.179. The van der Waals surface area contributed by atoms with Gasteiger partial charge in [-0.05, 0) is 81.6 Å². The molecule has 2 aliphatic carbocycles. The van der Waals surface area contributed by atoms with Crippen molar-refractivity contribution < 1.29 is 45.5 Å². The van der Waals surface area contributed by atoms with Crippen LogP contribution in [0.25, 0.3) is 11.8 Å². The number of carbonyl (C=O) groups is 4. The normalized spacial score (nSPS) is 25.4. The number of hydrogen-bond donors (Lipinski definition) is 5. The van der Waals surface area contributed by atoms with Crippen molar-refractivity contribution in [3.8, 4) is 0 Å². The lowest BCUT2D eigenvalue weighted by atomic mass is 9.93. The summed E-state index contributed by atoms with van der Waals surface area (Å²) in [6, 6.07) is -6.68. The average Bonchev–Trinajstić information content (AvgIpc) is 3.92. The molecule has 0 radical (unpaired) electrons. The van der Waals surface area contributed by atoms with E-state index in [1.807, 2.05) is 0 Å². The van der Waals surface area contributed by atoms with Crippen molar-refractivity contribution in [2.24, 2.45) is 11.8 Å². The minimum absolute atomic E-state index is 0.114. The van der Waals surface area contributed by atoms with E-state index in [9.17, 15) is 28.0 Å². The van der Waals surface area contributed by atoms with Crippen LogP contribution >= 0.6 is 0 Å². The number of carbonyl (C=O) groups excluding carboxylic acids is 4. The van der Waals surface area contributed by atoms with Crippen LogP contribution in [0.2, 0.25) is 0 Å². The summed E-state index contributed by atoms with van der Waals surface area (Å²) < 4.78 is 93.2. The van der Waals surface area contributed by atoms with Gasteiger partial charge in [0.2, 0.25) is 23.6 Å². The molecule has 1 aromatic heterocycles. The molecule has 5 aliphatic rings. The van der Waals surface area contributed by atoms with E-state index >= 15 is 17.6 Å². The third-order valence-electron chi connectivity index (χ3n) is 12.4. The summed E-state index contributed by atoms with van der Waals surface area (Å²) in [5.74, 6) is -11.0. The SMILES string of the molecule is CN[C@@H](C)C(=O)N[C@H](C(=O)N1CC(F)(F)C[C@H]1CC1=C2C=CC(F)=CC2NC1=c1nc2c(n1C[C@@H]1CC(F)(F)CN1C(=O)[C@@H](NC(=O)[C@H](C)NC)C(C)C)=CC=C(F)C2)C(C)C. The largest absolute Gasteiger partial charge is 0.371 e. The van der Waals surface area contributed by atoms with Gasteiger partial charge in [0.1, 0.15) is 23.7 Å². The van der Waals surface area contributed by atoms with Crippen molar-refractivity contribution in [1.29, 1.82) is 0 Å². The molecular formula is C43H57F6N9O4. The number of nitrogens with zero attached hydrogens (tertiary/aromatic N) is 4. The van der Waals surface area contributed by atoms with Gasteiger partial charge in [0.05, 0.1) is 54.0 Å². The fourth-order valence-corrected chi connectivity index (χ4v) is 8.69. The van der Waals surface area contributed by atoms with Gasteiger partial charge < -0.3 is 41.0 Å². The van der Waals surface area contributed by atoms with Crippen LogP contribution in [0.5, 0.6) is 0 Å². The topological polar surface area (TPSA) is 153 Å². The number of rotatable bonds is 14. The van der Waals surface area contributed by atoms with Crippen molar-refractivity contribution >= 4 is 35.4 Å². The highest BCUT2D eigenvalue weighted by molar-refractivity contribution is 5.91. The molecule has 2 saturated heterocycles. The van der Waals surface area contributed by atoms with E-state index < -0.39 is 127 Å². The van der Waals surface area contributed by atoms with E-state index in [-0.39, 0.29) is 36.3 Å². The van der Waals surface area contributed by atoms with Gasteiger partial charge in [0, 0.05) is 31.8 Å². The number of hydrogen-bond acceptors (Lipinski definition) is 8. The second-order valence-electron chi connectivity index (χ2n) is 17.7. The molecule has 340 valence electrons. The number of aromatic nitrogens is 2. The molecule has 4 amide bonds. The van der Waals surface area contributed by atoms with Gasteiger partial charge in [-0.2, -0.15) is 0 Å². The summed E-state index contributed by atoms with van der Waals surface area (Å²) in [5, 5.41) is 14.6. The summed E-state index contributed by atoms with van der Waals surface area (Å²) in [6.07, 6.45) is 4.77. The van der Waals surface area contributed by atoms with Crippen molar-refractivity contribution in [2.75, 3.05) is 27.2 Å². The average molecular weight is 878 g/mol. The maximum absolute atomic E-state index is 15.5. The molecule has 13 nitrogen and oxygen atoms in total. The van der Waals surface area contributed by atoms with E-state index in [1.54, 1.807) is 60.2 Å². The molecule has 0 spiro atoms. The molecule has 3 aliphatic heterocycles. The molecule has 62 heavy (non-hydrogen) atoms. The molecule has 0 bridgehead atoms. The second kappa shape index (κ2) is 18.1. The molecule has 0 aromatic carbocycles. The Balaban J connectivity index is 1.44. The molecule has 19 heteroatoms. The zero-order valence-electron chi connectivity index (χ0n) is 36.2. The van der Waals surface area contributed by atoms with E-state index in [1.165, 1.54) is 30.4 Å². The van der Waals surface area contributed by atoms with Gasteiger partial charge in [0.15, 0.2) is 5.48 Å². The van der Waals surface area contributed by atoms with Gasteiger partial charge in [-0.3, -0.25) is 19.2 Å². The zero-order valence-corrected chi connectivity index (χ0v) is 36.2. The van der Waals surface area contributed by atoms with E-state index in [0.717, 1.165) is 9.80 Å². The smallest absolute Gasteiger partial charge is 0.267 e. The summed E-state index contributed by atoms with van der Waals surface area (Å²) in [6.45, 7) is 7.87. The Hall–Kier alpha value is -4.91. The van der Waals surface area contributed by atoms with E-state index in [2.05, 4.69) is 26.6 Å². The lowest BCUT2D eigenvalue weighted by Crippen LogP contribution is -2.56. The Morgan fingerprint density at radius 2 is 1.34 bits per heavy atom. The number of likely N-dealkylation sites (N-methyl/N-ethyl adjacent to an activating group) is 2. The lowest BCUT2D eigenvalue weighted by molar-refractivity contribution is -0.140. The lowest BCUT2D eigenvalue weighted by Gasteiger charge is -2.32. The first-order valence-electron chi connectivity index (χ1n) is 21.1. The number of allylic oxidation sites excluding steroid dienone is 4. The number of alkyl halides is 4. The molecule has 2 fully saturated rings. The first-order valence-corrected chi connectivity index (χ1v) is 21.1. The molecule has 4 heterocycles. The first kappa shape index (κ1) is 46.6. The van der Waals surface area contributed by atoms with Gasteiger partial charge in [-0.25, -0.2) is 31.3 Å². The third-order valence-corrected chi connectivity index (χ3v) is 12.4. The van der Waals surface area contributed by atoms with Crippen LogP contribution in [0, 0.1) is 11.8 Å². The fraction of sp³-hybridized carbons (Fsp3) is 0.605. The predicted molar refractivity (Wildman–Crippen MR) is 220 cm³/mol. The summed E-state index contributed by atoms with van der Waals surface area (Å²) >= 11 is 0. The molecule has 1 aromatic rings. The van der Waals surface area contributed by atoms with Gasteiger partial charge in [0.25, 0.3) is 11.8 Å². The Bertz CT molecular complexity index is 2220. The minimum atomic E-state index is -3.31. The molecular weight excluding hydrogens is 821 g/mol. The zero-order chi connectivity index (χ0) is 45.6. The van der Waals surface area contributed by atoms with E-state index in [0.29, 0.717) is 16.5 Å². The molecule has 7 atom stereocenters. The fourth-order valence-electron chi connectivity index (χ4n) is 8.69. The molecule has 1 unspecified atom stereocenters. The highest BCUT2D eigenvalue weighted by Crippen LogP contribution is 2.41. The van der Waals surface area contributed by atoms with Gasteiger partial charge >= 0.3 is 0 Å². The second-order valence-corrected chi connectivity index (χ2v) is 17.7. The summed E-state index contributed by atoms with van der Waals surface area (Å²) in [7, 11) is 3.14. The molecule has 6 rings (SSSR count). The number of halogens is 6. The highest BCUT2D eigenvalue weighted by atomic mass is 19.3. The minimum Gasteiger partial charge on any atom is -0.371 e. The monoisotopic (exact) mass is 877 g/mol. The number of likely N-dealkylation sites (tertiary alicyclic amines) is 2. The standard InChI is InChI=1S/C43H57F6N9O4/c1-21(2)34(54-38(59)23(5)50-7)40(61)57-19-42(46,47)16-27(57)15-30-29-11-9-25(44)13-31(29)52-36(30)37-53-32-14-26(45)10-12-33(32)56(37)18-28-17-43(48,49)20-58(28)41(62)35(22(3)4)55-39(60)24(6)51-8/h9-13,21-24,27-28,31,34-35,50-52H,14-20H2,1-8H3,(H,54,59)(H,55,60)/t23-,24-,27+,28-,31?,34-,35-/m0/s1. The number of nitrogens with one attached hydrogen (secondary N) is 5. The van der Waals surface area contributed by atoms with E-state index in [4.69, 9.17) is 4.98 Å². The van der Waals surface area contributed by atoms with Crippen molar-refractivity contribution in [3.05, 3.63) is 63.6 Å². The van der Waals surface area contributed by atoms with Crippen molar-refractivity contribution in [1.82, 2.24) is 45.9 Å². The molecule has 5 N–H and O–H groups in total. The summed E-state index contributed by atoms with van der Waals surface area (Å²) in [4.78, 5) is 61.1. The maximum atomic E-state index is 15.5. The van der Waals surface area contributed by atoms with Gasteiger partial charge in [-0.15, -0.1) is 0 Å². The van der Waals surface area contributed by atoms with Crippen LogP contribution in [0.15, 0.2) is 47.1 Å². The predicted octanol–water partition coefficient (Wildman–Crippen LogP) is 2.23. The number of imidazole rings is 1. The van der Waals surface area contributed by atoms with Crippen LogP contribution in [-0.4, -0.2) is 124 Å². The van der Waals surface area contributed by atoms with Gasteiger partial charge in [-0.1, -0.05) is 33.8 Å². The Morgan fingerprint density at radius 3 is 1.87 bits per heavy atom. The number of fused-ring (bicyclic) bond motifs is 2. The van der Waals surface area contributed by atoms with Crippen LogP contribution in [0.1, 0.15) is 66.5 Å². The van der Waals surface area contributed by atoms with Crippen LogP contribution in [0.3, 0.4) is 0 Å². The van der Waals surface area contributed by atoms with Crippen LogP contribution < -0.4 is 37.4 Å². The summed E-state index contributed by atoms with van der Waals surface area (Å²) in [5.41, 5.74) is 1.49. The van der Waals surface area contributed by atoms with Crippen molar-refractivity contribution in [3.63, 3.8) is 0 Å². The highest BCUT2D eigenvalue weighted by Gasteiger charge is 2.51. The Morgan fingerprint density at radius 1 is 0.806 bits per heavy atom. The maximum Gasteiger partial charge on any atom is 0.267 e. The van der Waals surface area contributed by atoms with Crippen molar-refractivity contribution in [2.45, 2.75) is 128 Å². The third kappa shape index (κ3) is 9.67. The Labute approximate surface area is 356 Å². The molecule has 0 saturated carbocycles. The van der Waals surface area contributed by atoms with Crippen LogP contribution in [-0.2, 0) is 32.1 Å².